The number of rotatable bonds is 2. The zero-order chi connectivity index (χ0) is 18.3. The van der Waals surface area contributed by atoms with Gasteiger partial charge in [-0.2, -0.15) is 15.1 Å². The first-order valence-corrected chi connectivity index (χ1v) is 8.66. The Morgan fingerprint density at radius 3 is 2.62 bits per heavy atom. The minimum atomic E-state index is -0.501. The summed E-state index contributed by atoms with van der Waals surface area (Å²) < 4.78 is 13.1. The summed E-state index contributed by atoms with van der Waals surface area (Å²) in [7, 11) is 0. The zero-order valence-corrected chi connectivity index (χ0v) is 14.5. The van der Waals surface area contributed by atoms with Crippen molar-refractivity contribution in [2.75, 3.05) is 0 Å². The molecule has 2 aliphatic heterocycles. The number of aryl methyl sites for hydroxylation is 1. The lowest BCUT2D eigenvalue weighted by atomic mass is 10.1. The Hall–Kier alpha value is -3.06. The van der Waals surface area contributed by atoms with Gasteiger partial charge in [-0.05, 0) is 48.0 Å². The predicted molar refractivity (Wildman–Crippen MR) is 102 cm³/mol. The predicted octanol–water partition coefficient (Wildman–Crippen LogP) is 3.80. The second kappa shape index (κ2) is 6.34. The van der Waals surface area contributed by atoms with Crippen molar-refractivity contribution in [3.8, 4) is 0 Å². The van der Waals surface area contributed by atoms with E-state index in [0.717, 1.165) is 11.1 Å². The monoisotopic (exact) mass is 364 g/mol. The molecule has 0 aromatic heterocycles. The Morgan fingerprint density at radius 2 is 1.88 bits per heavy atom. The smallest absolute Gasteiger partial charge is 0.282 e. The van der Waals surface area contributed by atoms with Crippen molar-refractivity contribution >= 4 is 39.8 Å². The van der Waals surface area contributed by atoms with Crippen LogP contribution in [0.2, 0.25) is 0 Å². The van der Waals surface area contributed by atoms with Gasteiger partial charge in [-0.1, -0.05) is 36.4 Å². The summed E-state index contributed by atoms with van der Waals surface area (Å²) in [5.74, 6) is -0.902. The van der Waals surface area contributed by atoms with Crippen LogP contribution in [0, 0.1) is 18.2 Å². The van der Waals surface area contributed by atoms with Crippen LogP contribution in [0.3, 0.4) is 0 Å². The van der Waals surface area contributed by atoms with E-state index in [4.69, 9.17) is 5.41 Å². The molecule has 0 unspecified atom stereocenters. The topological polar surface area (TPSA) is 68.9 Å². The van der Waals surface area contributed by atoms with Crippen LogP contribution in [0.15, 0.2) is 64.2 Å². The number of nitrogens with zero attached hydrogens (tertiary/aromatic N) is 3. The number of hydrazone groups is 1. The van der Waals surface area contributed by atoms with Gasteiger partial charge in [-0.25, -0.2) is 4.39 Å². The minimum Gasteiger partial charge on any atom is -0.282 e. The highest BCUT2D eigenvalue weighted by molar-refractivity contribution is 8.27. The molecular formula is C19H13FN4OS. The van der Waals surface area contributed by atoms with Gasteiger partial charge in [0.2, 0.25) is 5.17 Å². The summed E-state index contributed by atoms with van der Waals surface area (Å²) in [4.78, 5) is 16.4. The fourth-order valence-corrected chi connectivity index (χ4v) is 3.62. The van der Waals surface area contributed by atoms with E-state index in [0.29, 0.717) is 15.8 Å². The van der Waals surface area contributed by atoms with Gasteiger partial charge in [0.25, 0.3) is 5.91 Å². The molecule has 2 aliphatic rings. The van der Waals surface area contributed by atoms with Crippen LogP contribution >= 0.6 is 11.8 Å². The average molecular weight is 364 g/mol. The third kappa shape index (κ3) is 2.86. The maximum Gasteiger partial charge on any atom is 0.283 e. The van der Waals surface area contributed by atoms with Gasteiger partial charge in [-0.3, -0.25) is 10.2 Å². The summed E-state index contributed by atoms with van der Waals surface area (Å²) in [5, 5.41) is 15.3. The van der Waals surface area contributed by atoms with E-state index >= 15 is 0 Å². The second-order valence-electron chi connectivity index (χ2n) is 5.79. The van der Waals surface area contributed by atoms with Crippen molar-refractivity contribution < 1.29 is 9.18 Å². The van der Waals surface area contributed by atoms with Gasteiger partial charge in [0.05, 0.1) is 5.57 Å². The Kier molecular flexibility index (Phi) is 4.00. The number of hydrogen-bond acceptors (Lipinski definition) is 4. The highest BCUT2D eigenvalue weighted by Crippen LogP contribution is 2.31. The molecule has 0 bridgehead atoms. The summed E-state index contributed by atoms with van der Waals surface area (Å²) in [6, 6.07) is 13.5. The number of aliphatic imine (C=N–C) groups is 1. The summed E-state index contributed by atoms with van der Waals surface area (Å²) >= 11 is 1.27. The van der Waals surface area contributed by atoms with Crippen LogP contribution in [-0.2, 0) is 4.79 Å². The molecule has 128 valence electrons. The van der Waals surface area contributed by atoms with E-state index in [2.05, 4.69) is 10.1 Å². The number of nitrogens with one attached hydrogen (secondary N) is 1. The number of thioether (sulfide) groups is 1. The molecule has 1 amide bonds. The molecular weight excluding hydrogens is 351 g/mol. The lowest BCUT2D eigenvalue weighted by Crippen LogP contribution is -2.35. The minimum absolute atomic E-state index is 0.0413. The van der Waals surface area contributed by atoms with Gasteiger partial charge in [0, 0.05) is 5.56 Å². The molecule has 26 heavy (non-hydrogen) atoms. The first kappa shape index (κ1) is 16.4. The number of fused-ring (bicyclic) bond motifs is 1. The number of amides is 1. The second-order valence-corrected chi connectivity index (χ2v) is 6.75. The summed E-state index contributed by atoms with van der Waals surface area (Å²) in [5.41, 5.74) is 2.74. The number of amidine groups is 2. The van der Waals surface area contributed by atoms with Crippen LogP contribution in [-0.4, -0.2) is 27.0 Å². The molecule has 1 N–H and O–H groups in total. The lowest BCUT2D eigenvalue weighted by Gasteiger charge is -2.20. The summed E-state index contributed by atoms with van der Waals surface area (Å²) in [6.07, 6.45) is 1.52. The molecule has 2 aromatic carbocycles. The van der Waals surface area contributed by atoms with E-state index in [1.54, 1.807) is 12.1 Å². The van der Waals surface area contributed by atoms with E-state index < -0.39 is 5.91 Å². The molecule has 0 saturated heterocycles. The standard InChI is InChI=1S/C19H13FN4OS/c1-11-4-2-3-5-14(11)18-23-24-16(21)15(17(25)22-19(24)26-18)10-12-6-8-13(20)9-7-12/h2-10,21H,1H3. The fourth-order valence-electron chi connectivity index (χ4n) is 2.64. The molecule has 0 radical (unpaired) electrons. The van der Waals surface area contributed by atoms with Gasteiger partial charge >= 0.3 is 0 Å². The first-order chi connectivity index (χ1) is 12.5. The molecule has 0 spiro atoms. The highest BCUT2D eigenvalue weighted by atomic mass is 32.2. The van der Waals surface area contributed by atoms with Gasteiger partial charge in [0.15, 0.2) is 5.84 Å². The van der Waals surface area contributed by atoms with Crippen LogP contribution < -0.4 is 0 Å². The lowest BCUT2D eigenvalue weighted by molar-refractivity contribution is -0.114. The Labute approximate surface area is 153 Å². The molecule has 2 aromatic rings. The fraction of sp³-hybridized carbons (Fsp3) is 0.0526. The van der Waals surface area contributed by atoms with Crippen molar-refractivity contribution in [2.45, 2.75) is 6.92 Å². The van der Waals surface area contributed by atoms with Crippen molar-refractivity contribution in [1.82, 2.24) is 5.01 Å². The number of hydrogen-bond donors (Lipinski definition) is 1. The van der Waals surface area contributed by atoms with Gasteiger partial charge < -0.3 is 0 Å². The number of carbonyl (C=O) groups excluding carboxylic acids is 1. The number of carbonyl (C=O) groups is 1. The van der Waals surface area contributed by atoms with Crippen LogP contribution in [0.1, 0.15) is 16.7 Å². The van der Waals surface area contributed by atoms with Crippen molar-refractivity contribution in [3.05, 3.63) is 76.6 Å². The van der Waals surface area contributed by atoms with Crippen molar-refractivity contribution in [1.29, 1.82) is 5.41 Å². The Morgan fingerprint density at radius 1 is 1.15 bits per heavy atom. The maximum atomic E-state index is 13.1. The average Bonchev–Trinajstić information content (AvgIpc) is 3.04. The largest absolute Gasteiger partial charge is 0.283 e. The normalized spacial score (nSPS) is 18.1. The highest BCUT2D eigenvalue weighted by Gasteiger charge is 2.36. The Bertz CT molecular complexity index is 1020. The van der Waals surface area contributed by atoms with E-state index in [1.165, 1.54) is 35.0 Å². The van der Waals surface area contributed by atoms with Crippen molar-refractivity contribution in [3.63, 3.8) is 0 Å². The summed E-state index contributed by atoms with van der Waals surface area (Å²) in [6.45, 7) is 1.98. The molecule has 2 heterocycles. The SMILES string of the molecule is Cc1ccccc1C1=NN2C(=N)C(=Cc3ccc(F)cc3)C(=O)N=C2S1. The molecule has 7 heteroatoms. The van der Waals surface area contributed by atoms with E-state index in [-0.39, 0.29) is 17.2 Å². The molecule has 0 saturated carbocycles. The van der Waals surface area contributed by atoms with Crippen LogP contribution in [0.5, 0.6) is 0 Å². The maximum absolute atomic E-state index is 13.1. The van der Waals surface area contributed by atoms with E-state index in [9.17, 15) is 9.18 Å². The van der Waals surface area contributed by atoms with Gasteiger partial charge in [-0.15, -0.1) is 0 Å². The van der Waals surface area contributed by atoms with Crippen LogP contribution in [0.25, 0.3) is 6.08 Å². The molecule has 0 atom stereocenters. The first-order valence-electron chi connectivity index (χ1n) is 7.85. The molecule has 5 nitrogen and oxygen atoms in total. The molecule has 0 fully saturated rings. The number of benzene rings is 2. The third-order valence-corrected chi connectivity index (χ3v) is 4.95. The van der Waals surface area contributed by atoms with Crippen LogP contribution in [0.4, 0.5) is 4.39 Å². The van der Waals surface area contributed by atoms with E-state index in [1.807, 2.05) is 31.2 Å². The molecule has 4 rings (SSSR count). The van der Waals surface area contributed by atoms with Crippen molar-refractivity contribution in [2.24, 2.45) is 10.1 Å². The van der Waals surface area contributed by atoms with Gasteiger partial charge in [0.1, 0.15) is 10.9 Å². The molecule has 0 aliphatic carbocycles. The third-order valence-electron chi connectivity index (χ3n) is 4.01. The Balaban J connectivity index is 1.70. The number of halogens is 1. The quantitative estimate of drug-likeness (QED) is 0.824. The zero-order valence-electron chi connectivity index (χ0n) is 13.7.